The van der Waals surface area contributed by atoms with Crippen LogP contribution in [0.3, 0.4) is 0 Å². The molecule has 1 aliphatic rings. The molecule has 7 nitrogen and oxygen atoms in total. The van der Waals surface area contributed by atoms with E-state index in [0.717, 1.165) is 19.2 Å². The number of hydrogen-bond acceptors (Lipinski definition) is 4. The maximum Gasteiger partial charge on any atom is 0.394 e. The zero-order chi connectivity index (χ0) is 19.6. The van der Waals surface area contributed by atoms with Crippen molar-refractivity contribution in [3.8, 4) is 0 Å². The van der Waals surface area contributed by atoms with E-state index in [1.165, 1.54) is 6.07 Å². The Morgan fingerprint density at radius 3 is 2.38 bits per heavy atom. The summed E-state index contributed by atoms with van der Waals surface area (Å²) in [5.74, 6) is -7.55. The number of rotatable bonds is 3. The topological polar surface area (TPSA) is 95.9 Å². The summed E-state index contributed by atoms with van der Waals surface area (Å²) in [4.78, 5) is 35.1. The molecule has 2 amide bonds. The van der Waals surface area contributed by atoms with E-state index in [4.69, 9.17) is 5.11 Å². The predicted octanol–water partition coefficient (Wildman–Crippen LogP) is 2.34. The maximum atomic E-state index is 13.8. The summed E-state index contributed by atoms with van der Waals surface area (Å²) in [6, 6.07) is 2.00. The second kappa shape index (κ2) is 7.18. The molecule has 1 aromatic carbocycles. The van der Waals surface area contributed by atoms with E-state index in [9.17, 15) is 31.9 Å². The van der Waals surface area contributed by atoms with Gasteiger partial charge in [0.2, 0.25) is 0 Å². The third kappa shape index (κ3) is 4.03. The normalized spacial score (nSPS) is 20.0. The van der Waals surface area contributed by atoms with Crippen LogP contribution in [0.25, 0.3) is 0 Å². The molecule has 1 saturated heterocycles. The Balaban J connectivity index is 2.12. The Morgan fingerprint density at radius 2 is 1.92 bits per heavy atom. The Kier molecular flexibility index (Phi) is 5.38. The number of amides is 2. The van der Waals surface area contributed by atoms with Crippen LogP contribution >= 0.6 is 0 Å². The Labute approximate surface area is 144 Å². The van der Waals surface area contributed by atoms with Gasteiger partial charge in [0, 0.05) is 18.8 Å². The van der Waals surface area contributed by atoms with Gasteiger partial charge in [-0.2, -0.15) is 13.2 Å². The van der Waals surface area contributed by atoms with Crippen molar-refractivity contribution in [3.05, 3.63) is 29.6 Å². The molecule has 11 heteroatoms. The molecular weight excluding hydrogens is 364 g/mol. The summed E-state index contributed by atoms with van der Waals surface area (Å²) in [6.07, 6.45) is -4.77. The first kappa shape index (κ1) is 19.5. The quantitative estimate of drug-likeness (QED) is 0.622. The van der Waals surface area contributed by atoms with E-state index in [1.807, 2.05) is 0 Å². The van der Waals surface area contributed by atoms with Crippen LogP contribution < -0.4 is 5.32 Å². The fourth-order valence-electron chi connectivity index (χ4n) is 2.62. The van der Waals surface area contributed by atoms with Gasteiger partial charge in [-0.05, 0) is 18.2 Å². The van der Waals surface area contributed by atoms with Crippen molar-refractivity contribution < 1.29 is 41.8 Å². The van der Waals surface area contributed by atoms with Gasteiger partial charge in [0.15, 0.2) is 0 Å². The number of carboxylic acid groups (broad SMARTS) is 1. The molecule has 2 N–H and O–H groups in total. The lowest BCUT2D eigenvalue weighted by molar-refractivity contribution is -0.187. The van der Waals surface area contributed by atoms with Gasteiger partial charge < -0.3 is 20.1 Å². The fourth-order valence-corrected chi connectivity index (χ4v) is 2.62. The first-order valence-electron chi connectivity index (χ1n) is 7.28. The second-order valence-electron chi connectivity index (χ2n) is 5.61. The first-order valence-corrected chi connectivity index (χ1v) is 7.28. The van der Waals surface area contributed by atoms with Crippen molar-refractivity contribution in [1.29, 1.82) is 0 Å². The highest BCUT2D eigenvalue weighted by molar-refractivity contribution is 5.93. The third-order valence-corrected chi connectivity index (χ3v) is 3.97. The number of nitrogens with one attached hydrogen (secondary N) is 1. The zero-order valence-corrected chi connectivity index (χ0v) is 13.3. The summed E-state index contributed by atoms with van der Waals surface area (Å²) in [7, 11) is 1.06. The molecule has 1 fully saturated rings. The highest BCUT2D eigenvalue weighted by Crippen LogP contribution is 2.37. The number of hydrogen-bond donors (Lipinski definition) is 2. The molecule has 26 heavy (non-hydrogen) atoms. The molecule has 0 radical (unpaired) electrons. The molecule has 1 aromatic rings. The van der Waals surface area contributed by atoms with Gasteiger partial charge >= 0.3 is 24.1 Å². The fraction of sp³-hybridized carbons (Fsp3) is 0.400. The molecule has 0 spiro atoms. The molecule has 0 bridgehead atoms. The maximum absolute atomic E-state index is 13.8. The van der Waals surface area contributed by atoms with E-state index in [-0.39, 0.29) is 11.3 Å². The molecule has 1 heterocycles. The number of methoxy groups -OCH3 is 1. The molecule has 2 atom stereocenters. The van der Waals surface area contributed by atoms with Crippen LogP contribution in [0.5, 0.6) is 0 Å². The first-order chi connectivity index (χ1) is 12.0. The number of carbonyl (C=O) groups excluding carboxylic acids is 2. The minimum atomic E-state index is -4.77. The van der Waals surface area contributed by atoms with Gasteiger partial charge in [0.05, 0.1) is 24.5 Å². The lowest BCUT2D eigenvalue weighted by Gasteiger charge is -2.18. The lowest BCUT2D eigenvalue weighted by Crippen LogP contribution is -2.35. The van der Waals surface area contributed by atoms with Crippen molar-refractivity contribution in [2.75, 3.05) is 25.5 Å². The summed E-state index contributed by atoms with van der Waals surface area (Å²) in [5.41, 5.74) is -0.489. The number of carbonyl (C=O) groups is 3. The highest BCUT2D eigenvalue weighted by atomic mass is 19.4. The molecule has 0 aromatic heterocycles. The SMILES string of the molecule is COC(=O)c1ccc(NC(=O)N2C[C@@H](C(F)(F)F)[C@H](C(=O)O)C2)cc1F. The van der Waals surface area contributed by atoms with Gasteiger partial charge in [0.25, 0.3) is 0 Å². The number of alkyl halides is 3. The van der Waals surface area contributed by atoms with E-state index in [2.05, 4.69) is 10.1 Å². The van der Waals surface area contributed by atoms with E-state index < -0.39 is 54.9 Å². The van der Waals surface area contributed by atoms with E-state index >= 15 is 0 Å². The number of urea groups is 1. The number of likely N-dealkylation sites (tertiary alicyclic amines) is 1. The number of anilines is 1. The van der Waals surface area contributed by atoms with Gasteiger partial charge in [-0.3, -0.25) is 4.79 Å². The Morgan fingerprint density at radius 1 is 1.27 bits per heavy atom. The largest absolute Gasteiger partial charge is 0.481 e. The number of benzene rings is 1. The van der Waals surface area contributed by atoms with E-state index in [0.29, 0.717) is 4.90 Å². The predicted molar refractivity (Wildman–Crippen MR) is 79.0 cm³/mol. The number of halogens is 4. The Hall–Kier alpha value is -2.85. The second-order valence-corrected chi connectivity index (χ2v) is 5.61. The minimum absolute atomic E-state index is 0.109. The summed E-state index contributed by atoms with van der Waals surface area (Å²) >= 11 is 0. The van der Waals surface area contributed by atoms with E-state index in [1.54, 1.807) is 0 Å². The molecule has 0 aliphatic carbocycles. The van der Waals surface area contributed by atoms with Crippen LogP contribution in [0, 0.1) is 17.7 Å². The summed E-state index contributed by atoms with van der Waals surface area (Å²) < 4.78 is 56.9. The third-order valence-electron chi connectivity index (χ3n) is 3.97. The smallest absolute Gasteiger partial charge is 0.394 e. The van der Waals surface area contributed by atoms with Gasteiger partial charge in [0.1, 0.15) is 5.82 Å². The zero-order valence-electron chi connectivity index (χ0n) is 13.3. The van der Waals surface area contributed by atoms with Crippen LogP contribution in [0.2, 0.25) is 0 Å². The van der Waals surface area contributed by atoms with Gasteiger partial charge in [-0.1, -0.05) is 0 Å². The van der Waals surface area contributed by atoms with Crippen molar-refractivity contribution in [1.82, 2.24) is 4.90 Å². The van der Waals surface area contributed by atoms with Crippen LogP contribution in [0.1, 0.15) is 10.4 Å². The number of ether oxygens (including phenoxy) is 1. The van der Waals surface area contributed by atoms with Crippen LogP contribution in [-0.2, 0) is 9.53 Å². The van der Waals surface area contributed by atoms with Crippen molar-refractivity contribution in [2.45, 2.75) is 6.18 Å². The average molecular weight is 378 g/mol. The average Bonchev–Trinajstić information content (AvgIpc) is 3.00. The standard InChI is InChI=1S/C15H14F4N2O5/c1-26-13(24)8-3-2-7(4-11(8)16)20-14(25)21-5-9(12(22)23)10(6-21)15(17,18)19/h2-4,9-10H,5-6H2,1H3,(H,20,25)(H,22,23)/t9-,10-/m1/s1. The monoisotopic (exact) mass is 378 g/mol. The van der Waals surface area contributed by atoms with Crippen molar-refractivity contribution in [3.63, 3.8) is 0 Å². The number of nitrogens with zero attached hydrogens (tertiary/aromatic N) is 1. The minimum Gasteiger partial charge on any atom is -0.481 e. The Bertz CT molecular complexity index is 737. The molecule has 0 unspecified atom stereocenters. The number of esters is 1. The van der Waals surface area contributed by atoms with Crippen molar-refractivity contribution >= 4 is 23.7 Å². The summed E-state index contributed by atoms with van der Waals surface area (Å²) in [5, 5.41) is 11.1. The molecule has 0 saturated carbocycles. The molecule has 1 aliphatic heterocycles. The molecule has 142 valence electrons. The van der Waals surface area contributed by atoms with Crippen molar-refractivity contribution in [2.24, 2.45) is 11.8 Å². The lowest BCUT2D eigenvalue weighted by atomic mass is 9.96. The molecular formula is C15H14F4N2O5. The van der Waals surface area contributed by atoms with Crippen LogP contribution in [0.15, 0.2) is 18.2 Å². The van der Waals surface area contributed by atoms with Gasteiger partial charge in [-0.15, -0.1) is 0 Å². The van der Waals surface area contributed by atoms with Crippen LogP contribution in [0.4, 0.5) is 28.0 Å². The van der Waals surface area contributed by atoms with Crippen LogP contribution in [-0.4, -0.2) is 54.4 Å². The number of carboxylic acids is 1. The number of aliphatic carboxylic acids is 1. The summed E-state index contributed by atoms with van der Waals surface area (Å²) in [6.45, 7) is -1.46. The van der Waals surface area contributed by atoms with Gasteiger partial charge in [-0.25, -0.2) is 14.0 Å². The molecule has 2 rings (SSSR count). The highest BCUT2D eigenvalue weighted by Gasteiger charge is 2.53.